The maximum atomic E-state index is 12.3. The van der Waals surface area contributed by atoms with E-state index in [9.17, 15) is 9.59 Å². The lowest BCUT2D eigenvalue weighted by Gasteiger charge is -2.19. The quantitative estimate of drug-likeness (QED) is 0.655. The molecule has 1 aliphatic heterocycles. The smallest absolute Gasteiger partial charge is 0.375 e. The van der Waals surface area contributed by atoms with Crippen molar-refractivity contribution >= 4 is 33.4 Å². The van der Waals surface area contributed by atoms with E-state index in [1.807, 2.05) is 24.3 Å². The van der Waals surface area contributed by atoms with Gasteiger partial charge in [-0.15, -0.1) is 11.3 Å². The number of likely N-dealkylation sites (tertiary alicyclic amines) is 1. The molecule has 0 unspecified atom stereocenters. The van der Waals surface area contributed by atoms with Crippen LogP contribution in [0.3, 0.4) is 0 Å². The Bertz CT molecular complexity index is 922. The second-order valence-corrected chi connectivity index (χ2v) is 7.26. The SMILES string of the molecule is C[C@@H](OC(=O)c1ccc(-c2nc3ccccc3s2)o1)C(=O)N1CCCC1. The number of amides is 1. The fraction of sp³-hybridized carbons (Fsp3) is 0.316. The maximum absolute atomic E-state index is 12.3. The lowest BCUT2D eigenvalue weighted by molar-refractivity contribution is -0.138. The molecule has 0 spiro atoms. The van der Waals surface area contributed by atoms with Crippen LogP contribution >= 0.6 is 11.3 Å². The zero-order chi connectivity index (χ0) is 18.1. The van der Waals surface area contributed by atoms with Crippen molar-refractivity contribution < 1.29 is 18.7 Å². The highest BCUT2D eigenvalue weighted by atomic mass is 32.1. The van der Waals surface area contributed by atoms with Crippen LogP contribution in [0.5, 0.6) is 0 Å². The molecule has 1 saturated heterocycles. The van der Waals surface area contributed by atoms with Crippen LogP contribution in [0.25, 0.3) is 21.0 Å². The van der Waals surface area contributed by atoms with Gasteiger partial charge in [0, 0.05) is 13.1 Å². The predicted octanol–water partition coefficient (Wildman–Crippen LogP) is 3.72. The van der Waals surface area contributed by atoms with E-state index in [-0.39, 0.29) is 11.7 Å². The summed E-state index contributed by atoms with van der Waals surface area (Å²) in [4.78, 5) is 30.8. The van der Waals surface area contributed by atoms with Crippen LogP contribution in [0.4, 0.5) is 0 Å². The van der Waals surface area contributed by atoms with E-state index in [2.05, 4.69) is 4.98 Å². The molecule has 0 radical (unpaired) electrons. The minimum Gasteiger partial charge on any atom is -0.447 e. The largest absolute Gasteiger partial charge is 0.447 e. The summed E-state index contributed by atoms with van der Waals surface area (Å²) in [5, 5.41) is 0.700. The number of carbonyl (C=O) groups excluding carboxylic acids is 2. The van der Waals surface area contributed by atoms with Crippen LogP contribution < -0.4 is 0 Å². The summed E-state index contributed by atoms with van der Waals surface area (Å²) in [6, 6.07) is 11.0. The zero-order valence-electron chi connectivity index (χ0n) is 14.3. The Morgan fingerprint density at radius 1 is 1.19 bits per heavy atom. The molecule has 4 rings (SSSR count). The van der Waals surface area contributed by atoms with Crippen molar-refractivity contribution in [3.05, 3.63) is 42.2 Å². The van der Waals surface area contributed by atoms with Crippen molar-refractivity contribution in [2.45, 2.75) is 25.9 Å². The first-order chi connectivity index (χ1) is 12.6. The van der Waals surface area contributed by atoms with Gasteiger partial charge >= 0.3 is 5.97 Å². The first kappa shape index (κ1) is 16.8. The normalized spacial score (nSPS) is 15.3. The Kier molecular flexibility index (Phi) is 4.46. The third-order valence-electron chi connectivity index (χ3n) is 4.36. The molecule has 1 aliphatic rings. The summed E-state index contributed by atoms with van der Waals surface area (Å²) in [7, 11) is 0. The molecule has 6 nitrogen and oxygen atoms in total. The molecule has 26 heavy (non-hydrogen) atoms. The van der Waals surface area contributed by atoms with Gasteiger partial charge in [0.2, 0.25) is 5.76 Å². The molecule has 7 heteroatoms. The minimum atomic E-state index is -0.823. The monoisotopic (exact) mass is 370 g/mol. The van der Waals surface area contributed by atoms with E-state index in [0.29, 0.717) is 10.8 Å². The Morgan fingerprint density at radius 2 is 1.96 bits per heavy atom. The van der Waals surface area contributed by atoms with Crippen molar-refractivity contribution in [2.24, 2.45) is 0 Å². The number of nitrogens with zero attached hydrogens (tertiary/aromatic N) is 2. The fourth-order valence-corrected chi connectivity index (χ4v) is 3.93. The number of carbonyl (C=O) groups is 2. The molecular weight excluding hydrogens is 352 g/mol. The van der Waals surface area contributed by atoms with Crippen LogP contribution in [0.15, 0.2) is 40.8 Å². The number of hydrogen-bond acceptors (Lipinski definition) is 6. The van der Waals surface area contributed by atoms with E-state index in [1.54, 1.807) is 24.0 Å². The third-order valence-corrected chi connectivity index (χ3v) is 5.41. The van der Waals surface area contributed by atoms with Crippen LogP contribution in [-0.2, 0) is 9.53 Å². The number of para-hydroxylation sites is 1. The average Bonchev–Trinajstić information content (AvgIpc) is 3.40. The molecule has 0 aliphatic carbocycles. The van der Waals surface area contributed by atoms with Crippen LogP contribution in [-0.4, -0.2) is 41.0 Å². The van der Waals surface area contributed by atoms with Gasteiger partial charge < -0.3 is 14.1 Å². The molecule has 134 valence electrons. The van der Waals surface area contributed by atoms with Gasteiger partial charge in [0.15, 0.2) is 16.9 Å². The summed E-state index contributed by atoms with van der Waals surface area (Å²) in [5.74, 6) is -0.219. The summed E-state index contributed by atoms with van der Waals surface area (Å²) in [5.41, 5.74) is 0.887. The number of aromatic nitrogens is 1. The fourth-order valence-electron chi connectivity index (χ4n) is 3.00. The molecule has 1 atom stereocenters. The highest BCUT2D eigenvalue weighted by Crippen LogP contribution is 2.31. The van der Waals surface area contributed by atoms with Gasteiger partial charge in [-0.3, -0.25) is 4.79 Å². The van der Waals surface area contributed by atoms with Crippen LogP contribution in [0.2, 0.25) is 0 Å². The van der Waals surface area contributed by atoms with Crippen molar-refractivity contribution in [3.8, 4) is 10.8 Å². The van der Waals surface area contributed by atoms with E-state index in [4.69, 9.17) is 9.15 Å². The lowest BCUT2D eigenvalue weighted by atomic mass is 10.3. The van der Waals surface area contributed by atoms with E-state index < -0.39 is 12.1 Å². The van der Waals surface area contributed by atoms with Crippen molar-refractivity contribution in [1.29, 1.82) is 0 Å². The molecule has 1 aromatic carbocycles. The molecule has 1 fully saturated rings. The molecule has 3 heterocycles. The number of hydrogen-bond donors (Lipinski definition) is 0. The van der Waals surface area contributed by atoms with Crippen molar-refractivity contribution in [2.75, 3.05) is 13.1 Å². The summed E-state index contributed by atoms with van der Waals surface area (Å²) < 4.78 is 11.9. The maximum Gasteiger partial charge on any atom is 0.375 e. The number of thiazole rings is 1. The lowest BCUT2D eigenvalue weighted by Crippen LogP contribution is -2.38. The highest BCUT2D eigenvalue weighted by Gasteiger charge is 2.27. The second kappa shape index (κ2) is 6.92. The number of esters is 1. The number of furan rings is 1. The van der Waals surface area contributed by atoms with Gasteiger partial charge in [-0.05, 0) is 44.0 Å². The average molecular weight is 370 g/mol. The summed E-state index contributed by atoms with van der Waals surface area (Å²) in [6.07, 6.45) is 1.17. The van der Waals surface area contributed by atoms with Crippen molar-refractivity contribution in [1.82, 2.24) is 9.88 Å². The molecule has 2 aromatic heterocycles. The first-order valence-electron chi connectivity index (χ1n) is 8.57. The van der Waals surface area contributed by atoms with Gasteiger partial charge in [0.25, 0.3) is 5.91 Å². The van der Waals surface area contributed by atoms with Gasteiger partial charge in [0.05, 0.1) is 10.2 Å². The molecule has 0 bridgehead atoms. The molecule has 1 amide bonds. The Hall–Kier alpha value is -2.67. The number of fused-ring (bicyclic) bond motifs is 1. The van der Waals surface area contributed by atoms with Crippen LogP contribution in [0.1, 0.15) is 30.3 Å². The molecule has 3 aromatic rings. The van der Waals surface area contributed by atoms with Gasteiger partial charge in [0.1, 0.15) is 0 Å². The zero-order valence-corrected chi connectivity index (χ0v) is 15.1. The highest BCUT2D eigenvalue weighted by molar-refractivity contribution is 7.21. The van der Waals surface area contributed by atoms with Gasteiger partial charge in [-0.2, -0.15) is 0 Å². The molecule has 0 saturated carbocycles. The number of rotatable bonds is 4. The number of ether oxygens (including phenoxy) is 1. The van der Waals surface area contributed by atoms with Crippen LogP contribution in [0, 0.1) is 0 Å². The third kappa shape index (κ3) is 3.22. The van der Waals surface area contributed by atoms with E-state index >= 15 is 0 Å². The Balaban J connectivity index is 1.46. The van der Waals surface area contributed by atoms with Crippen molar-refractivity contribution in [3.63, 3.8) is 0 Å². The van der Waals surface area contributed by atoms with Gasteiger partial charge in [-0.1, -0.05) is 12.1 Å². The second-order valence-electron chi connectivity index (χ2n) is 6.23. The van der Waals surface area contributed by atoms with E-state index in [1.165, 1.54) is 11.3 Å². The number of benzene rings is 1. The standard InChI is InChI=1S/C19H18N2O4S/c1-12(18(22)21-10-4-5-11-21)24-19(23)15-9-8-14(25-15)17-20-13-6-2-3-7-16(13)26-17/h2-3,6-9,12H,4-5,10-11H2,1H3/t12-/m1/s1. The minimum absolute atomic E-state index is 0.0697. The summed E-state index contributed by atoms with van der Waals surface area (Å²) >= 11 is 1.49. The molecular formula is C19H18N2O4S. The molecule has 0 N–H and O–H groups in total. The Labute approximate surface area is 154 Å². The predicted molar refractivity (Wildman–Crippen MR) is 98.0 cm³/mol. The summed E-state index contributed by atoms with van der Waals surface area (Å²) in [6.45, 7) is 3.04. The van der Waals surface area contributed by atoms with E-state index in [0.717, 1.165) is 36.1 Å². The first-order valence-corrected chi connectivity index (χ1v) is 9.39. The Morgan fingerprint density at radius 3 is 2.73 bits per heavy atom. The topological polar surface area (TPSA) is 72.6 Å². The van der Waals surface area contributed by atoms with Gasteiger partial charge in [-0.25, -0.2) is 9.78 Å².